The van der Waals surface area contributed by atoms with Crippen molar-refractivity contribution in [2.24, 2.45) is 0 Å². The lowest BCUT2D eigenvalue weighted by atomic mass is 10.0. The van der Waals surface area contributed by atoms with Gasteiger partial charge in [-0.25, -0.2) is 9.97 Å². The van der Waals surface area contributed by atoms with Gasteiger partial charge in [0.05, 0.1) is 12.6 Å². The van der Waals surface area contributed by atoms with E-state index in [1.807, 2.05) is 7.05 Å². The Morgan fingerprint density at radius 2 is 2.24 bits per heavy atom. The van der Waals surface area contributed by atoms with Crippen molar-refractivity contribution in [1.29, 1.82) is 0 Å². The number of aromatic nitrogens is 2. The van der Waals surface area contributed by atoms with Crippen LogP contribution in [0.25, 0.3) is 0 Å². The van der Waals surface area contributed by atoms with E-state index in [1.165, 1.54) is 6.33 Å². The Kier molecular flexibility index (Phi) is 3.47. The van der Waals surface area contributed by atoms with Crippen LogP contribution in [-0.4, -0.2) is 36.3 Å². The summed E-state index contributed by atoms with van der Waals surface area (Å²) in [6, 6.07) is 0.391. The van der Waals surface area contributed by atoms with Crippen LogP contribution in [0.3, 0.4) is 0 Å². The fraction of sp³-hybridized carbons (Fsp3) is 0.667. The summed E-state index contributed by atoms with van der Waals surface area (Å²) in [7, 11) is 2.05. The quantitative estimate of drug-likeness (QED) is 0.859. The summed E-state index contributed by atoms with van der Waals surface area (Å²) < 4.78 is 5.41. The van der Waals surface area contributed by atoms with Crippen LogP contribution in [-0.2, 0) is 4.74 Å². The minimum absolute atomic E-state index is 0.316. The zero-order valence-corrected chi connectivity index (χ0v) is 10.7. The molecule has 1 aromatic rings. The lowest BCUT2D eigenvalue weighted by Crippen LogP contribution is -2.33. The molecule has 0 amide bonds. The molecular formula is C12H20N4O. The van der Waals surface area contributed by atoms with Gasteiger partial charge in [0.1, 0.15) is 18.0 Å². The van der Waals surface area contributed by atoms with Crippen LogP contribution in [0.15, 0.2) is 6.33 Å². The normalized spacial score (nSPS) is 19.9. The maximum Gasteiger partial charge on any atom is 0.137 e. The standard InChI is InChI=1S/C12H20N4O/c1-8(2)10-11(13)14-7-15-12(10)16(3)9-4-5-17-6-9/h7-9H,4-6H2,1-3H3,(H2,13,14,15). The fourth-order valence-corrected chi connectivity index (χ4v) is 2.23. The molecule has 1 unspecified atom stereocenters. The first-order valence-corrected chi connectivity index (χ1v) is 6.02. The number of ether oxygens (including phenoxy) is 1. The predicted molar refractivity (Wildman–Crippen MR) is 68.2 cm³/mol. The molecule has 1 aromatic heterocycles. The first kappa shape index (κ1) is 12.1. The van der Waals surface area contributed by atoms with Crippen LogP contribution in [0.2, 0.25) is 0 Å². The maximum absolute atomic E-state index is 5.95. The molecule has 5 heteroatoms. The molecule has 1 saturated heterocycles. The molecule has 2 N–H and O–H groups in total. The molecule has 1 aliphatic heterocycles. The van der Waals surface area contributed by atoms with Crippen molar-refractivity contribution in [2.45, 2.75) is 32.2 Å². The van der Waals surface area contributed by atoms with Gasteiger partial charge in [-0.05, 0) is 12.3 Å². The van der Waals surface area contributed by atoms with E-state index in [1.54, 1.807) is 0 Å². The van der Waals surface area contributed by atoms with Crippen molar-refractivity contribution < 1.29 is 4.74 Å². The summed E-state index contributed by atoms with van der Waals surface area (Å²) in [6.07, 6.45) is 2.57. The van der Waals surface area contributed by atoms with Crippen molar-refractivity contribution in [2.75, 3.05) is 30.9 Å². The molecule has 1 fully saturated rings. The van der Waals surface area contributed by atoms with E-state index in [0.717, 1.165) is 31.0 Å². The summed E-state index contributed by atoms with van der Waals surface area (Å²) in [5.74, 6) is 1.83. The zero-order valence-electron chi connectivity index (χ0n) is 10.7. The summed E-state index contributed by atoms with van der Waals surface area (Å²) in [4.78, 5) is 10.6. The summed E-state index contributed by atoms with van der Waals surface area (Å²) >= 11 is 0. The lowest BCUT2D eigenvalue weighted by molar-refractivity contribution is 0.193. The Morgan fingerprint density at radius 3 is 2.82 bits per heavy atom. The highest BCUT2D eigenvalue weighted by atomic mass is 16.5. The molecule has 17 heavy (non-hydrogen) atoms. The highest BCUT2D eigenvalue weighted by Crippen LogP contribution is 2.30. The smallest absolute Gasteiger partial charge is 0.137 e. The largest absolute Gasteiger partial charge is 0.383 e. The number of nitrogen functional groups attached to an aromatic ring is 1. The molecule has 94 valence electrons. The fourth-order valence-electron chi connectivity index (χ4n) is 2.23. The molecule has 0 aliphatic carbocycles. The van der Waals surface area contributed by atoms with E-state index in [2.05, 4.69) is 28.7 Å². The van der Waals surface area contributed by atoms with E-state index in [-0.39, 0.29) is 0 Å². The second kappa shape index (κ2) is 4.87. The van der Waals surface area contributed by atoms with E-state index in [9.17, 15) is 0 Å². The van der Waals surface area contributed by atoms with Crippen molar-refractivity contribution in [3.63, 3.8) is 0 Å². The third-order valence-electron chi connectivity index (χ3n) is 3.26. The first-order valence-electron chi connectivity index (χ1n) is 6.02. The van der Waals surface area contributed by atoms with Crippen LogP contribution in [0.5, 0.6) is 0 Å². The van der Waals surface area contributed by atoms with Gasteiger partial charge < -0.3 is 15.4 Å². The third kappa shape index (κ3) is 2.34. The van der Waals surface area contributed by atoms with Crippen molar-refractivity contribution in [3.8, 4) is 0 Å². The number of hydrogen-bond donors (Lipinski definition) is 1. The average Bonchev–Trinajstić information content (AvgIpc) is 2.80. The number of rotatable bonds is 3. The van der Waals surface area contributed by atoms with Gasteiger partial charge in [-0.1, -0.05) is 13.8 Å². The van der Waals surface area contributed by atoms with Crippen molar-refractivity contribution >= 4 is 11.6 Å². The summed E-state index contributed by atoms with van der Waals surface area (Å²) in [5.41, 5.74) is 6.98. The molecule has 1 aliphatic rings. The van der Waals surface area contributed by atoms with Crippen LogP contribution >= 0.6 is 0 Å². The molecular weight excluding hydrogens is 216 g/mol. The SMILES string of the molecule is CC(C)c1c(N)ncnc1N(C)C1CCOC1. The number of nitrogens with two attached hydrogens (primary N) is 1. The topological polar surface area (TPSA) is 64.3 Å². The van der Waals surface area contributed by atoms with Gasteiger partial charge in [-0.3, -0.25) is 0 Å². The molecule has 0 saturated carbocycles. The molecule has 0 spiro atoms. The van der Waals surface area contributed by atoms with Gasteiger partial charge in [0.2, 0.25) is 0 Å². The third-order valence-corrected chi connectivity index (χ3v) is 3.26. The molecule has 0 aromatic carbocycles. The highest BCUT2D eigenvalue weighted by molar-refractivity contribution is 5.58. The minimum atomic E-state index is 0.316. The van der Waals surface area contributed by atoms with Crippen molar-refractivity contribution in [3.05, 3.63) is 11.9 Å². The zero-order chi connectivity index (χ0) is 12.4. The Morgan fingerprint density at radius 1 is 1.47 bits per heavy atom. The van der Waals surface area contributed by atoms with E-state index >= 15 is 0 Å². The minimum Gasteiger partial charge on any atom is -0.383 e. The number of anilines is 2. The Balaban J connectivity index is 2.33. The van der Waals surface area contributed by atoms with Gasteiger partial charge in [0.15, 0.2) is 0 Å². The van der Waals surface area contributed by atoms with Gasteiger partial charge in [-0.2, -0.15) is 0 Å². The summed E-state index contributed by atoms with van der Waals surface area (Å²) in [5, 5.41) is 0. The van der Waals surface area contributed by atoms with Gasteiger partial charge in [-0.15, -0.1) is 0 Å². The highest BCUT2D eigenvalue weighted by Gasteiger charge is 2.25. The summed E-state index contributed by atoms with van der Waals surface area (Å²) in [6.45, 7) is 5.81. The van der Waals surface area contributed by atoms with Crippen LogP contribution in [0, 0.1) is 0 Å². The molecule has 0 bridgehead atoms. The van der Waals surface area contributed by atoms with E-state index < -0.39 is 0 Å². The number of likely N-dealkylation sites (N-methyl/N-ethyl adjacent to an activating group) is 1. The second-order valence-electron chi connectivity index (χ2n) is 4.78. The predicted octanol–water partition coefficient (Wildman–Crippen LogP) is 1.41. The average molecular weight is 236 g/mol. The van der Waals surface area contributed by atoms with Crippen LogP contribution in [0.1, 0.15) is 31.7 Å². The monoisotopic (exact) mass is 236 g/mol. The van der Waals surface area contributed by atoms with E-state index in [0.29, 0.717) is 17.8 Å². The van der Waals surface area contributed by atoms with E-state index in [4.69, 9.17) is 10.5 Å². The Bertz CT molecular complexity index is 388. The molecule has 5 nitrogen and oxygen atoms in total. The van der Waals surface area contributed by atoms with Crippen LogP contribution < -0.4 is 10.6 Å². The Labute approximate surface area is 102 Å². The first-order chi connectivity index (χ1) is 8.11. The molecule has 2 rings (SSSR count). The Hall–Kier alpha value is -1.36. The number of nitrogens with zero attached hydrogens (tertiary/aromatic N) is 3. The number of hydrogen-bond acceptors (Lipinski definition) is 5. The van der Waals surface area contributed by atoms with Crippen LogP contribution in [0.4, 0.5) is 11.6 Å². The van der Waals surface area contributed by atoms with Gasteiger partial charge >= 0.3 is 0 Å². The second-order valence-corrected chi connectivity index (χ2v) is 4.78. The van der Waals surface area contributed by atoms with Crippen molar-refractivity contribution in [1.82, 2.24) is 9.97 Å². The van der Waals surface area contributed by atoms with Gasteiger partial charge in [0, 0.05) is 19.2 Å². The van der Waals surface area contributed by atoms with Gasteiger partial charge in [0.25, 0.3) is 0 Å². The lowest BCUT2D eigenvalue weighted by Gasteiger charge is -2.27. The maximum atomic E-state index is 5.95. The molecule has 1 atom stereocenters. The molecule has 2 heterocycles. The molecule has 0 radical (unpaired) electrons.